The van der Waals surface area contributed by atoms with Gasteiger partial charge in [-0.2, -0.15) is 0 Å². The Morgan fingerprint density at radius 1 is 0.686 bits per heavy atom. The quantitative estimate of drug-likeness (QED) is 0.0465. The third-order valence-electron chi connectivity index (χ3n) is 8.69. The van der Waals surface area contributed by atoms with Crippen LogP contribution < -0.4 is 0 Å². The average molecular weight is 709 g/mol. The van der Waals surface area contributed by atoms with Gasteiger partial charge in [0.2, 0.25) is 0 Å². The zero-order valence-corrected chi connectivity index (χ0v) is 29.2. The Bertz CT molecular complexity index is 1790. The van der Waals surface area contributed by atoms with Gasteiger partial charge in [0, 0.05) is 61.0 Å². The summed E-state index contributed by atoms with van der Waals surface area (Å²) in [4.78, 5) is 54.5. The maximum atomic E-state index is 12.8. The van der Waals surface area contributed by atoms with E-state index in [0.717, 1.165) is 49.9 Å². The Labute approximate surface area is 303 Å². The van der Waals surface area contributed by atoms with Crippen molar-refractivity contribution in [3.05, 3.63) is 154 Å². The molecule has 51 heavy (non-hydrogen) atoms. The summed E-state index contributed by atoms with van der Waals surface area (Å²) in [6, 6.07) is 34.1. The largest absolute Gasteiger partial charge is 0.460 e. The molecule has 1 heterocycles. The Kier molecular flexibility index (Phi) is 13.8. The first kappa shape index (κ1) is 37.3. The van der Waals surface area contributed by atoms with Crippen molar-refractivity contribution in [3.63, 3.8) is 0 Å². The minimum absolute atomic E-state index is 0.0137. The van der Waals surface area contributed by atoms with Crippen LogP contribution in [0.3, 0.4) is 0 Å². The average Bonchev–Trinajstić information content (AvgIpc) is 3.17. The molecule has 0 amide bonds. The summed E-state index contributed by atoms with van der Waals surface area (Å²) >= 11 is 6.16. The van der Waals surface area contributed by atoms with Crippen LogP contribution in [0.2, 0.25) is 5.02 Å². The van der Waals surface area contributed by atoms with Crippen molar-refractivity contribution in [2.45, 2.75) is 18.9 Å². The van der Waals surface area contributed by atoms with Crippen molar-refractivity contribution in [2.75, 3.05) is 52.5 Å². The maximum Gasteiger partial charge on any atom is 0.338 e. The number of hydrogen-bond acceptors (Lipinski definition) is 9. The zero-order chi connectivity index (χ0) is 36.0. The molecule has 4 aromatic rings. The number of carbonyl (C=O) groups excluding carboxylic acids is 4. The van der Waals surface area contributed by atoms with Gasteiger partial charge >= 0.3 is 17.9 Å². The van der Waals surface area contributed by atoms with Gasteiger partial charge < -0.3 is 14.2 Å². The molecule has 0 saturated carbocycles. The van der Waals surface area contributed by atoms with Crippen LogP contribution in [0.1, 0.15) is 51.5 Å². The van der Waals surface area contributed by atoms with E-state index in [1.807, 2.05) is 24.3 Å². The topological polar surface area (TPSA) is 102 Å². The molecule has 0 spiro atoms. The van der Waals surface area contributed by atoms with E-state index in [4.69, 9.17) is 25.8 Å². The van der Waals surface area contributed by atoms with Crippen molar-refractivity contribution < 1.29 is 33.4 Å². The lowest BCUT2D eigenvalue weighted by Crippen LogP contribution is -2.48. The third kappa shape index (κ3) is 11.0. The first-order valence-electron chi connectivity index (χ1n) is 16.9. The molecule has 5 rings (SSSR count). The molecule has 1 fully saturated rings. The molecule has 9 nitrogen and oxygen atoms in total. The number of nitrogens with zero attached hydrogens (tertiary/aromatic N) is 2. The van der Waals surface area contributed by atoms with Gasteiger partial charge in [-0.05, 0) is 41.8 Å². The van der Waals surface area contributed by atoms with E-state index in [1.165, 1.54) is 11.1 Å². The molecule has 0 aliphatic carbocycles. The van der Waals surface area contributed by atoms with Gasteiger partial charge in [0.25, 0.3) is 0 Å². The number of piperazine rings is 1. The van der Waals surface area contributed by atoms with E-state index in [9.17, 15) is 19.2 Å². The van der Waals surface area contributed by atoms with E-state index < -0.39 is 23.8 Å². The van der Waals surface area contributed by atoms with Crippen LogP contribution in [0.15, 0.2) is 121 Å². The highest BCUT2D eigenvalue weighted by molar-refractivity contribution is 6.30. The molecule has 0 bridgehead atoms. The smallest absolute Gasteiger partial charge is 0.338 e. The van der Waals surface area contributed by atoms with E-state index in [1.54, 1.807) is 55.5 Å². The standard InChI is InChI=1S/C41H41ClN2O7/c1-30(34-13-8-14-35(29-34)40(47)33-11-6-3-7-12-33)41(48)51-38(46)20-19-37(45)50-28-27-49-26-25-43-21-23-44(24-22-43)39(31-9-4-2-5-10-31)32-15-17-36(42)18-16-32/h2-20,29-30,39H,21-28H2,1H3/b20-19-/t30-,39-/m1/s1. The molecule has 4 aromatic carbocycles. The van der Waals surface area contributed by atoms with Crippen LogP contribution in [0.25, 0.3) is 0 Å². The Hall–Kier alpha value is -4.93. The minimum Gasteiger partial charge on any atom is -0.460 e. The number of halogens is 1. The van der Waals surface area contributed by atoms with Crippen molar-refractivity contribution in [3.8, 4) is 0 Å². The van der Waals surface area contributed by atoms with Crippen molar-refractivity contribution in [1.29, 1.82) is 0 Å². The van der Waals surface area contributed by atoms with Gasteiger partial charge in [0.1, 0.15) is 6.61 Å². The Morgan fingerprint density at radius 2 is 1.29 bits per heavy atom. The fourth-order valence-corrected chi connectivity index (χ4v) is 6.01. The molecular weight excluding hydrogens is 668 g/mol. The van der Waals surface area contributed by atoms with Gasteiger partial charge in [-0.25, -0.2) is 9.59 Å². The van der Waals surface area contributed by atoms with Crippen LogP contribution >= 0.6 is 11.6 Å². The predicted molar refractivity (Wildman–Crippen MR) is 194 cm³/mol. The molecule has 0 unspecified atom stereocenters. The van der Waals surface area contributed by atoms with Crippen molar-refractivity contribution >= 4 is 35.3 Å². The zero-order valence-electron chi connectivity index (χ0n) is 28.5. The fourth-order valence-electron chi connectivity index (χ4n) is 5.88. The highest BCUT2D eigenvalue weighted by Gasteiger charge is 2.26. The lowest BCUT2D eigenvalue weighted by molar-refractivity contribution is -0.157. The number of ether oxygens (including phenoxy) is 3. The highest BCUT2D eigenvalue weighted by Crippen LogP contribution is 2.30. The molecule has 1 saturated heterocycles. The van der Waals surface area contributed by atoms with Gasteiger partial charge in [-0.1, -0.05) is 103 Å². The molecule has 1 aliphatic heterocycles. The summed E-state index contributed by atoms with van der Waals surface area (Å²) < 4.78 is 15.7. The second-order valence-corrected chi connectivity index (χ2v) is 12.6. The fraction of sp³-hybridized carbons (Fsp3) is 0.268. The molecule has 0 radical (unpaired) electrons. The number of hydrogen-bond donors (Lipinski definition) is 0. The second-order valence-electron chi connectivity index (χ2n) is 12.1. The lowest BCUT2D eigenvalue weighted by Gasteiger charge is -2.39. The molecule has 264 valence electrons. The van der Waals surface area contributed by atoms with Crippen LogP contribution in [0.5, 0.6) is 0 Å². The van der Waals surface area contributed by atoms with Crippen LogP contribution in [-0.4, -0.2) is 86.0 Å². The van der Waals surface area contributed by atoms with Crippen LogP contribution in [0.4, 0.5) is 0 Å². The van der Waals surface area contributed by atoms with Gasteiger partial charge in [-0.15, -0.1) is 0 Å². The maximum absolute atomic E-state index is 12.8. The third-order valence-corrected chi connectivity index (χ3v) is 8.94. The van der Waals surface area contributed by atoms with E-state index >= 15 is 0 Å². The summed E-state index contributed by atoms with van der Waals surface area (Å²) in [5, 5.41) is 0.722. The molecule has 0 aromatic heterocycles. The highest BCUT2D eigenvalue weighted by atomic mass is 35.5. The minimum atomic E-state index is -1.00. The summed E-state index contributed by atoms with van der Waals surface area (Å²) in [5.41, 5.74) is 3.92. The normalized spacial score (nSPS) is 14.9. The number of benzene rings is 4. The summed E-state index contributed by atoms with van der Waals surface area (Å²) in [6.45, 7) is 6.65. The number of ketones is 1. The molecule has 0 N–H and O–H groups in total. The Balaban J connectivity index is 0.970. The van der Waals surface area contributed by atoms with E-state index in [2.05, 4.69) is 46.2 Å². The first-order chi connectivity index (χ1) is 24.8. The second kappa shape index (κ2) is 18.9. The van der Waals surface area contributed by atoms with Gasteiger partial charge in [-0.3, -0.25) is 19.4 Å². The summed E-state index contributed by atoms with van der Waals surface area (Å²) in [7, 11) is 0. The summed E-state index contributed by atoms with van der Waals surface area (Å²) in [5.74, 6) is -3.57. The molecule has 1 aliphatic rings. The first-order valence-corrected chi connectivity index (χ1v) is 17.3. The van der Waals surface area contributed by atoms with E-state index in [-0.39, 0.29) is 25.0 Å². The van der Waals surface area contributed by atoms with Gasteiger partial charge in [0.15, 0.2) is 5.78 Å². The van der Waals surface area contributed by atoms with E-state index in [0.29, 0.717) is 23.3 Å². The van der Waals surface area contributed by atoms with Crippen molar-refractivity contribution in [1.82, 2.24) is 9.80 Å². The predicted octanol–water partition coefficient (Wildman–Crippen LogP) is 6.27. The van der Waals surface area contributed by atoms with Crippen LogP contribution in [-0.2, 0) is 28.6 Å². The number of rotatable bonds is 15. The Morgan fingerprint density at radius 3 is 2.00 bits per heavy atom. The van der Waals surface area contributed by atoms with Gasteiger partial charge in [0.05, 0.1) is 25.2 Å². The summed E-state index contributed by atoms with van der Waals surface area (Å²) in [6.07, 6.45) is 1.75. The van der Waals surface area contributed by atoms with Crippen molar-refractivity contribution in [2.24, 2.45) is 0 Å². The molecule has 10 heteroatoms. The SMILES string of the molecule is C[C@@H](C(=O)OC(=O)/C=C\C(=O)OCCOCCN1CCN([C@H](c2ccccc2)c2ccc(Cl)cc2)CC1)c1cccc(C(=O)c2ccccc2)c1. The molecular formula is C41H41ClN2O7. The number of esters is 3. The monoisotopic (exact) mass is 708 g/mol. The lowest BCUT2D eigenvalue weighted by atomic mass is 9.96. The number of carbonyl (C=O) groups is 4. The molecule has 2 atom stereocenters. The van der Waals surface area contributed by atoms with Crippen LogP contribution in [0, 0.1) is 0 Å².